The lowest BCUT2D eigenvalue weighted by atomic mass is 9.96. The van der Waals surface area contributed by atoms with Crippen LogP contribution in [-0.4, -0.2) is 37.3 Å². The molecule has 0 aromatic heterocycles. The third-order valence-corrected chi connectivity index (χ3v) is 6.24. The molecule has 5 heteroatoms. The summed E-state index contributed by atoms with van der Waals surface area (Å²) in [5, 5.41) is 0. The minimum atomic E-state index is -3.32. The second kappa shape index (κ2) is 6.71. The summed E-state index contributed by atoms with van der Waals surface area (Å²) in [5.74, 6) is 0.108. The summed E-state index contributed by atoms with van der Waals surface area (Å²) >= 11 is 0. The van der Waals surface area contributed by atoms with Gasteiger partial charge in [0, 0.05) is 25.4 Å². The Labute approximate surface area is 127 Å². The van der Waals surface area contributed by atoms with E-state index in [2.05, 4.69) is 0 Å². The zero-order valence-electron chi connectivity index (χ0n) is 12.7. The Morgan fingerprint density at radius 2 is 1.95 bits per heavy atom. The Hall–Kier alpha value is -1.20. The molecule has 0 amide bonds. The Morgan fingerprint density at radius 1 is 1.29 bits per heavy atom. The number of nitrogens with zero attached hydrogens (tertiary/aromatic N) is 1. The van der Waals surface area contributed by atoms with Gasteiger partial charge >= 0.3 is 0 Å². The summed E-state index contributed by atoms with van der Waals surface area (Å²) in [6.45, 7) is 4.54. The maximum absolute atomic E-state index is 12.6. The van der Waals surface area contributed by atoms with Crippen molar-refractivity contribution < 1.29 is 13.2 Å². The van der Waals surface area contributed by atoms with Gasteiger partial charge in [0.2, 0.25) is 10.0 Å². The van der Waals surface area contributed by atoms with Crippen molar-refractivity contribution in [1.29, 1.82) is 0 Å². The van der Waals surface area contributed by atoms with Crippen LogP contribution in [0.3, 0.4) is 0 Å². The fourth-order valence-corrected chi connectivity index (χ4v) is 4.60. The molecule has 0 bridgehead atoms. The van der Waals surface area contributed by atoms with E-state index >= 15 is 0 Å². The highest BCUT2D eigenvalue weighted by molar-refractivity contribution is 7.89. The van der Waals surface area contributed by atoms with E-state index < -0.39 is 10.0 Å². The van der Waals surface area contributed by atoms with Gasteiger partial charge in [0.25, 0.3) is 0 Å². The third kappa shape index (κ3) is 3.92. The van der Waals surface area contributed by atoms with Crippen molar-refractivity contribution in [2.75, 3.05) is 18.8 Å². The van der Waals surface area contributed by atoms with Crippen LogP contribution in [-0.2, 0) is 14.8 Å². The lowest BCUT2D eigenvalue weighted by Gasteiger charge is -2.31. The van der Waals surface area contributed by atoms with E-state index in [0.29, 0.717) is 25.9 Å². The molecular weight excluding hydrogens is 286 g/mol. The van der Waals surface area contributed by atoms with Gasteiger partial charge in [-0.05, 0) is 17.9 Å². The van der Waals surface area contributed by atoms with E-state index in [0.717, 1.165) is 5.56 Å². The van der Waals surface area contributed by atoms with Crippen molar-refractivity contribution in [2.24, 2.45) is 5.92 Å². The zero-order valence-corrected chi connectivity index (χ0v) is 13.5. The molecule has 1 aromatic carbocycles. The lowest BCUT2D eigenvalue weighted by Crippen LogP contribution is -2.45. The number of Topliss-reactive ketones (excluding diaryl/α,β-unsaturated/α-hetero) is 1. The molecule has 1 aliphatic heterocycles. The Bertz CT molecular complexity index is 583. The number of sulfonamides is 1. The molecule has 1 fully saturated rings. The van der Waals surface area contributed by atoms with Crippen LogP contribution in [0.4, 0.5) is 0 Å². The highest BCUT2D eigenvalue weighted by atomic mass is 32.2. The van der Waals surface area contributed by atoms with E-state index in [1.54, 1.807) is 0 Å². The summed E-state index contributed by atoms with van der Waals surface area (Å²) in [4.78, 5) is 11.7. The van der Waals surface area contributed by atoms with E-state index in [1.807, 2.05) is 44.2 Å². The summed E-state index contributed by atoms with van der Waals surface area (Å²) in [7, 11) is -3.32. The molecular formula is C16H23NO3S. The molecule has 0 aliphatic carbocycles. The highest BCUT2D eigenvalue weighted by Crippen LogP contribution is 2.23. The average molecular weight is 309 g/mol. The maximum atomic E-state index is 12.6. The first-order valence-electron chi connectivity index (χ1n) is 7.49. The van der Waals surface area contributed by atoms with Crippen LogP contribution in [0.15, 0.2) is 30.3 Å². The molecule has 1 aliphatic rings. The number of benzene rings is 1. The van der Waals surface area contributed by atoms with Gasteiger partial charge in [-0.2, -0.15) is 0 Å². The van der Waals surface area contributed by atoms with Crippen LogP contribution in [0, 0.1) is 5.92 Å². The normalized spacial score (nSPS) is 22.2. The number of carbonyl (C=O) groups excluding carboxylic acids is 1. The van der Waals surface area contributed by atoms with Crippen LogP contribution < -0.4 is 0 Å². The van der Waals surface area contributed by atoms with Crippen LogP contribution in [0.5, 0.6) is 0 Å². The molecule has 4 nitrogen and oxygen atoms in total. The summed E-state index contributed by atoms with van der Waals surface area (Å²) in [5.41, 5.74) is 1.03. The molecule has 0 N–H and O–H groups in total. The second-order valence-electron chi connectivity index (χ2n) is 5.77. The summed E-state index contributed by atoms with van der Waals surface area (Å²) in [6, 6.07) is 9.67. The van der Waals surface area contributed by atoms with Gasteiger partial charge in [-0.25, -0.2) is 12.7 Å². The van der Waals surface area contributed by atoms with Crippen molar-refractivity contribution in [3.63, 3.8) is 0 Å². The number of ketones is 1. The molecule has 116 valence electrons. The van der Waals surface area contributed by atoms with Crippen molar-refractivity contribution >= 4 is 15.8 Å². The Morgan fingerprint density at radius 3 is 2.57 bits per heavy atom. The van der Waals surface area contributed by atoms with E-state index in [9.17, 15) is 13.2 Å². The number of hydrogen-bond donors (Lipinski definition) is 0. The van der Waals surface area contributed by atoms with Gasteiger partial charge in [-0.15, -0.1) is 0 Å². The first kappa shape index (κ1) is 16.2. The fraction of sp³-hybridized carbons (Fsp3) is 0.562. The number of piperidine rings is 1. The van der Waals surface area contributed by atoms with Gasteiger partial charge in [-0.1, -0.05) is 44.2 Å². The number of hydrogen-bond acceptors (Lipinski definition) is 3. The number of carbonyl (C=O) groups is 1. The second-order valence-corrected chi connectivity index (χ2v) is 7.78. The molecule has 2 unspecified atom stereocenters. The van der Waals surface area contributed by atoms with Crippen molar-refractivity contribution in [3.8, 4) is 0 Å². The molecule has 1 saturated heterocycles. The van der Waals surface area contributed by atoms with Gasteiger partial charge in [0.1, 0.15) is 5.78 Å². The maximum Gasteiger partial charge on any atom is 0.214 e. The topological polar surface area (TPSA) is 54.5 Å². The predicted molar refractivity (Wildman–Crippen MR) is 83.6 cm³/mol. The molecule has 21 heavy (non-hydrogen) atoms. The fourth-order valence-electron chi connectivity index (χ4n) is 2.79. The standard InChI is InChI=1S/C16H23NO3S/c1-3-14-11-17(10-9-16(14)18)21(19,20)12-13(2)15-7-5-4-6-8-15/h4-8,13-14H,3,9-12H2,1-2H3. The van der Waals surface area contributed by atoms with Crippen molar-refractivity contribution in [3.05, 3.63) is 35.9 Å². The quantitative estimate of drug-likeness (QED) is 0.839. The van der Waals surface area contributed by atoms with Gasteiger partial charge in [-0.3, -0.25) is 4.79 Å². The molecule has 0 spiro atoms. The van der Waals surface area contributed by atoms with Crippen molar-refractivity contribution in [2.45, 2.75) is 32.6 Å². The molecule has 0 radical (unpaired) electrons. The largest absolute Gasteiger partial charge is 0.299 e. The van der Waals surface area contributed by atoms with Gasteiger partial charge < -0.3 is 0 Å². The SMILES string of the molecule is CCC1CN(S(=O)(=O)CC(C)c2ccccc2)CCC1=O. The molecule has 2 rings (SSSR count). The minimum Gasteiger partial charge on any atom is -0.299 e. The first-order valence-corrected chi connectivity index (χ1v) is 9.10. The zero-order chi connectivity index (χ0) is 15.5. The minimum absolute atomic E-state index is 0.0473. The monoisotopic (exact) mass is 309 g/mol. The van der Waals surface area contributed by atoms with Crippen LogP contribution >= 0.6 is 0 Å². The third-order valence-electron chi connectivity index (χ3n) is 4.20. The smallest absolute Gasteiger partial charge is 0.214 e. The molecule has 1 heterocycles. The Balaban J connectivity index is 2.06. The van der Waals surface area contributed by atoms with E-state index in [4.69, 9.17) is 0 Å². The van der Waals surface area contributed by atoms with Crippen LogP contribution in [0.1, 0.15) is 38.2 Å². The van der Waals surface area contributed by atoms with E-state index in [-0.39, 0.29) is 23.4 Å². The van der Waals surface area contributed by atoms with Gasteiger partial charge in [0.15, 0.2) is 0 Å². The van der Waals surface area contributed by atoms with Crippen LogP contribution in [0.25, 0.3) is 0 Å². The predicted octanol–water partition coefficient (Wildman–Crippen LogP) is 2.42. The summed E-state index contributed by atoms with van der Waals surface area (Å²) in [6.07, 6.45) is 1.05. The average Bonchev–Trinajstić information content (AvgIpc) is 2.48. The van der Waals surface area contributed by atoms with Crippen molar-refractivity contribution in [1.82, 2.24) is 4.31 Å². The van der Waals surface area contributed by atoms with Gasteiger partial charge in [0.05, 0.1) is 5.75 Å². The van der Waals surface area contributed by atoms with E-state index in [1.165, 1.54) is 4.31 Å². The Kier molecular flexibility index (Phi) is 5.17. The lowest BCUT2D eigenvalue weighted by molar-refractivity contribution is -0.125. The molecule has 2 atom stereocenters. The summed E-state index contributed by atoms with van der Waals surface area (Å²) < 4.78 is 26.6. The number of rotatable bonds is 5. The first-order chi connectivity index (χ1) is 9.94. The van der Waals surface area contributed by atoms with Crippen LogP contribution in [0.2, 0.25) is 0 Å². The highest BCUT2D eigenvalue weighted by Gasteiger charge is 2.33. The molecule has 1 aromatic rings. The molecule has 0 saturated carbocycles.